The highest BCUT2D eigenvalue weighted by Gasteiger charge is 1.90. The lowest BCUT2D eigenvalue weighted by atomic mass is 10.2. The maximum absolute atomic E-state index is 5.48. The molecule has 7 heavy (non-hydrogen) atoms. The highest BCUT2D eigenvalue weighted by molar-refractivity contribution is 5.02. The molecule has 1 atom stereocenters. The van der Waals surface area contributed by atoms with Crippen LogP contribution in [0.2, 0.25) is 0 Å². The molecule has 0 aliphatic carbocycles. The summed E-state index contributed by atoms with van der Waals surface area (Å²) in [7, 11) is 0. The molecule has 0 amide bonds. The summed E-state index contributed by atoms with van der Waals surface area (Å²) in [5.41, 5.74) is 6.73. The minimum atomic E-state index is 0.227. The van der Waals surface area contributed by atoms with Crippen LogP contribution in [0.5, 0.6) is 0 Å². The summed E-state index contributed by atoms with van der Waals surface area (Å²) in [6.07, 6.45) is 2.03. The van der Waals surface area contributed by atoms with Crippen molar-refractivity contribution in [3.8, 4) is 0 Å². The fourth-order valence-electron chi connectivity index (χ4n) is 0.263. The minimum Gasteiger partial charge on any atom is -0.324 e. The van der Waals surface area contributed by atoms with E-state index in [9.17, 15) is 0 Å². The Bertz CT molecular complexity index is 72.2. The van der Waals surface area contributed by atoms with E-state index in [4.69, 9.17) is 5.73 Å². The lowest BCUT2D eigenvalue weighted by Gasteiger charge is -2.01. The third-order valence-corrected chi connectivity index (χ3v) is 1.17. The molecule has 42 valence electrons. The molecule has 2 N–H and O–H groups in total. The predicted molar refractivity (Wildman–Crippen MR) is 33.1 cm³/mol. The molecule has 0 unspecified atom stereocenters. The molecule has 0 rings (SSSR count). The van der Waals surface area contributed by atoms with Crippen molar-refractivity contribution in [1.82, 2.24) is 0 Å². The van der Waals surface area contributed by atoms with Crippen molar-refractivity contribution in [3.63, 3.8) is 0 Å². The molecular weight excluding hydrogens is 86.1 g/mol. The summed E-state index contributed by atoms with van der Waals surface area (Å²) in [6, 6.07) is 0.227. The number of nitrogens with two attached hydrogens (primary N) is 1. The van der Waals surface area contributed by atoms with Gasteiger partial charge in [-0.25, -0.2) is 0 Å². The van der Waals surface area contributed by atoms with Crippen LogP contribution in [0.25, 0.3) is 0 Å². The molecular formula is C6H13N. The van der Waals surface area contributed by atoms with E-state index in [0.29, 0.717) is 0 Å². The van der Waals surface area contributed by atoms with Gasteiger partial charge in [0.1, 0.15) is 0 Å². The molecule has 0 aromatic carbocycles. The fourth-order valence-corrected chi connectivity index (χ4v) is 0.263. The standard InChI is InChI=1S/C6H13N/c1-4-5(2)6(3)7/h4,6H,7H2,1-3H3/b5-4+/t6-/m1/s1. The second-order valence-electron chi connectivity index (χ2n) is 1.82. The number of hydrogen-bond donors (Lipinski definition) is 1. The molecule has 0 saturated heterocycles. The maximum atomic E-state index is 5.48. The molecule has 0 bridgehead atoms. The van der Waals surface area contributed by atoms with Gasteiger partial charge in [-0.1, -0.05) is 11.6 Å². The molecule has 0 fully saturated rings. The van der Waals surface area contributed by atoms with Crippen molar-refractivity contribution in [2.24, 2.45) is 5.73 Å². The van der Waals surface area contributed by atoms with Gasteiger partial charge in [-0.2, -0.15) is 0 Å². The first-order valence-electron chi connectivity index (χ1n) is 2.57. The van der Waals surface area contributed by atoms with E-state index < -0.39 is 0 Å². The molecule has 1 nitrogen and oxygen atoms in total. The molecule has 0 aliphatic heterocycles. The number of rotatable bonds is 1. The summed E-state index contributed by atoms with van der Waals surface area (Å²) in [5.74, 6) is 0. The second kappa shape index (κ2) is 2.80. The van der Waals surface area contributed by atoms with Gasteiger partial charge in [0.25, 0.3) is 0 Å². The van der Waals surface area contributed by atoms with Crippen molar-refractivity contribution in [2.45, 2.75) is 26.8 Å². The van der Waals surface area contributed by atoms with Crippen LogP contribution in [-0.4, -0.2) is 6.04 Å². The van der Waals surface area contributed by atoms with Crippen LogP contribution in [0.1, 0.15) is 20.8 Å². The van der Waals surface area contributed by atoms with E-state index in [2.05, 4.69) is 0 Å². The average Bonchev–Trinajstić information content (AvgIpc) is 1.65. The largest absolute Gasteiger partial charge is 0.324 e. The Kier molecular flexibility index (Phi) is 2.68. The van der Waals surface area contributed by atoms with Gasteiger partial charge in [-0.05, 0) is 20.8 Å². The van der Waals surface area contributed by atoms with Gasteiger partial charge in [0.05, 0.1) is 0 Å². The van der Waals surface area contributed by atoms with Crippen LogP contribution >= 0.6 is 0 Å². The van der Waals surface area contributed by atoms with Gasteiger partial charge in [-0.3, -0.25) is 0 Å². The molecule has 0 heterocycles. The maximum Gasteiger partial charge on any atom is 0.0221 e. The molecule has 0 saturated carbocycles. The van der Waals surface area contributed by atoms with Gasteiger partial charge in [0, 0.05) is 6.04 Å². The van der Waals surface area contributed by atoms with Gasteiger partial charge in [0.15, 0.2) is 0 Å². The number of allylic oxidation sites excluding steroid dienone is 1. The summed E-state index contributed by atoms with van der Waals surface area (Å²) in [5, 5.41) is 0. The Morgan fingerprint density at radius 1 is 1.71 bits per heavy atom. The zero-order valence-corrected chi connectivity index (χ0v) is 5.23. The lowest BCUT2D eigenvalue weighted by Crippen LogP contribution is -2.15. The summed E-state index contributed by atoms with van der Waals surface area (Å²) in [6.45, 7) is 6.01. The smallest absolute Gasteiger partial charge is 0.0221 e. The van der Waals surface area contributed by atoms with Crippen LogP contribution in [0, 0.1) is 0 Å². The molecule has 0 aliphatic rings. The topological polar surface area (TPSA) is 26.0 Å². The van der Waals surface area contributed by atoms with Crippen molar-refractivity contribution < 1.29 is 0 Å². The Hall–Kier alpha value is -0.300. The highest BCUT2D eigenvalue weighted by Crippen LogP contribution is 1.94. The van der Waals surface area contributed by atoms with Crippen LogP contribution < -0.4 is 5.73 Å². The van der Waals surface area contributed by atoms with Gasteiger partial charge in [-0.15, -0.1) is 0 Å². The van der Waals surface area contributed by atoms with Gasteiger partial charge in [0.2, 0.25) is 0 Å². The molecule has 0 aromatic rings. The summed E-state index contributed by atoms with van der Waals surface area (Å²) >= 11 is 0. The van der Waals surface area contributed by atoms with Crippen molar-refractivity contribution in [3.05, 3.63) is 11.6 Å². The van der Waals surface area contributed by atoms with Crippen LogP contribution in [0.3, 0.4) is 0 Å². The zero-order valence-electron chi connectivity index (χ0n) is 5.23. The van der Waals surface area contributed by atoms with E-state index in [0.717, 1.165) is 0 Å². The summed E-state index contributed by atoms with van der Waals surface area (Å²) in [4.78, 5) is 0. The second-order valence-corrected chi connectivity index (χ2v) is 1.82. The van der Waals surface area contributed by atoms with E-state index >= 15 is 0 Å². The minimum absolute atomic E-state index is 0.227. The zero-order chi connectivity index (χ0) is 5.86. The normalized spacial score (nSPS) is 16.9. The van der Waals surface area contributed by atoms with Crippen LogP contribution in [0.4, 0.5) is 0 Å². The molecule has 0 aromatic heterocycles. The SMILES string of the molecule is C/C=C(\C)[C@@H](C)N. The van der Waals surface area contributed by atoms with E-state index in [1.807, 2.05) is 26.8 Å². The van der Waals surface area contributed by atoms with E-state index in [1.165, 1.54) is 5.57 Å². The van der Waals surface area contributed by atoms with Crippen molar-refractivity contribution in [2.75, 3.05) is 0 Å². The van der Waals surface area contributed by atoms with Gasteiger partial charge < -0.3 is 5.73 Å². The predicted octanol–water partition coefficient (Wildman–Crippen LogP) is 1.30. The third-order valence-electron chi connectivity index (χ3n) is 1.17. The van der Waals surface area contributed by atoms with Crippen molar-refractivity contribution >= 4 is 0 Å². The average molecular weight is 99.2 g/mol. The van der Waals surface area contributed by atoms with E-state index in [-0.39, 0.29) is 6.04 Å². The Balaban J connectivity index is 3.56. The quantitative estimate of drug-likeness (QED) is 0.493. The lowest BCUT2D eigenvalue weighted by molar-refractivity contribution is 0.858. The molecule has 0 spiro atoms. The first-order chi connectivity index (χ1) is 3.18. The Morgan fingerprint density at radius 3 is 2.14 bits per heavy atom. The highest BCUT2D eigenvalue weighted by atomic mass is 14.6. The number of hydrogen-bond acceptors (Lipinski definition) is 1. The summed E-state index contributed by atoms with van der Waals surface area (Å²) < 4.78 is 0. The first kappa shape index (κ1) is 6.70. The third kappa shape index (κ3) is 2.40. The van der Waals surface area contributed by atoms with Gasteiger partial charge >= 0.3 is 0 Å². The monoisotopic (exact) mass is 99.1 g/mol. The fraction of sp³-hybridized carbons (Fsp3) is 0.667. The Labute approximate surface area is 45.2 Å². The van der Waals surface area contributed by atoms with Crippen molar-refractivity contribution in [1.29, 1.82) is 0 Å². The Morgan fingerprint density at radius 2 is 2.14 bits per heavy atom. The first-order valence-corrected chi connectivity index (χ1v) is 2.57. The molecule has 0 radical (unpaired) electrons. The van der Waals surface area contributed by atoms with Crippen LogP contribution in [-0.2, 0) is 0 Å². The molecule has 1 heteroatoms. The van der Waals surface area contributed by atoms with E-state index in [1.54, 1.807) is 0 Å². The van der Waals surface area contributed by atoms with Crippen LogP contribution in [0.15, 0.2) is 11.6 Å².